The van der Waals surface area contributed by atoms with E-state index in [0.717, 1.165) is 36.1 Å². The van der Waals surface area contributed by atoms with Crippen LogP contribution < -0.4 is 16.8 Å². The second-order valence-corrected chi connectivity index (χ2v) is 7.03. The molecule has 0 radical (unpaired) electrons. The van der Waals surface area contributed by atoms with E-state index in [2.05, 4.69) is 23.6 Å². The number of nitrogens with two attached hydrogens (primary N) is 1. The molecule has 2 aliphatic rings. The zero-order valence-corrected chi connectivity index (χ0v) is 14.1. The van der Waals surface area contributed by atoms with Crippen molar-refractivity contribution in [3.8, 4) is 11.3 Å². The van der Waals surface area contributed by atoms with Gasteiger partial charge in [-0.3, -0.25) is 14.8 Å². The second-order valence-electron chi connectivity index (χ2n) is 7.03. The van der Waals surface area contributed by atoms with E-state index < -0.39 is 0 Å². The smallest absolute Gasteiger partial charge is 0.259 e. The summed E-state index contributed by atoms with van der Waals surface area (Å²) in [7, 11) is 0. The molecular formula is C19H24N4O. The summed E-state index contributed by atoms with van der Waals surface area (Å²) in [5.41, 5.74) is 6.77. The van der Waals surface area contributed by atoms with E-state index in [1.165, 1.54) is 24.8 Å². The number of hydrazine groups is 1. The number of nitrogen functional groups attached to an aromatic ring is 1. The van der Waals surface area contributed by atoms with E-state index in [9.17, 15) is 4.79 Å². The summed E-state index contributed by atoms with van der Waals surface area (Å²) in [5.74, 6) is 6.09. The normalized spacial score (nSPS) is 18.1. The average molecular weight is 324 g/mol. The van der Waals surface area contributed by atoms with Gasteiger partial charge in [0.05, 0.1) is 11.3 Å². The Labute approximate surface area is 141 Å². The maximum absolute atomic E-state index is 13.3. The molecule has 1 heterocycles. The molecule has 0 aliphatic heterocycles. The molecule has 5 heteroatoms. The minimum Gasteiger partial charge on any atom is -0.294 e. The van der Waals surface area contributed by atoms with Gasteiger partial charge in [-0.25, -0.2) is 10.8 Å². The Balaban J connectivity index is 2.06. The fourth-order valence-corrected chi connectivity index (χ4v) is 4.64. The minimum atomic E-state index is -0.0595. The molecular weight excluding hydrogens is 300 g/mol. The zero-order chi connectivity index (χ0) is 16.7. The molecule has 4 rings (SSSR count). The first-order valence-electron chi connectivity index (χ1n) is 8.90. The summed E-state index contributed by atoms with van der Waals surface area (Å²) >= 11 is 0. The second kappa shape index (κ2) is 5.74. The van der Waals surface area contributed by atoms with Crippen LogP contribution in [0.1, 0.15) is 50.2 Å². The standard InChI is InChI=1S/C19H24N4O/c1-2-23-17(24)15-16(21-18(23)22-20)14-9-5-4-8-13(14)12-19(15)10-6-3-7-11-19/h4-5,8-9H,2-3,6-7,10-12,20H2,1H3,(H,21,22). The molecule has 1 saturated carbocycles. The Morgan fingerprint density at radius 3 is 2.71 bits per heavy atom. The number of nitrogens with one attached hydrogen (secondary N) is 1. The van der Waals surface area contributed by atoms with Gasteiger partial charge in [-0.2, -0.15) is 0 Å². The highest BCUT2D eigenvalue weighted by Crippen LogP contribution is 2.48. The third-order valence-corrected chi connectivity index (χ3v) is 5.76. The number of aromatic nitrogens is 2. The first kappa shape index (κ1) is 15.4. The molecule has 1 aromatic carbocycles. The van der Waals surface area contributed by atoms with E-state index in [4.69, 9.17) is 10.8 Å². The van der Waals surface area contributed by atoms with E-state index in [-0.39, 0.29) is 11.0 Å². The molecule has 1 spiro atoms. The number of anilines is 1. The summed E-state index contributed by atoms with van der Waals surface area (Å²) in [6.45, 7) is 2.52. The third kappa shape index (κ3) is 2.11. The Hall–Kier alpha value is -2.14. The van der Waals surface area contributed by atoms with E-state index in [0.29, 0.717) is 12.5 Å². The largest absolute Gasteiger partial charge is 0.294 e. The van der Waals surface area contributed by atoms with Crippen molar-refractivity contribution < 1.29 is 0 Å². The molecule has 0 unspecified atom stereocenters. The molecule has 0 atom stereocenters. The number of fused-ring (bicyclic) bond motifs is 4. The van der Waals surface area contributed by atoms with Crippen LogP contribution in [0.25, 0.3) is 11.3 Å². The average Bonchev–Trinajstić information content (AvgIpc) is 2.61. The van der Waals surface area contributed by atoms with Crippen molar-refractivity contribution in [3.05, 3.63) is 45.7 Å². The van der Waals surface area contributed by atoms with Gasteiger partial charge < -0.3 is 0 Å². The fourth-order valence-electron chi connectivity index (χ4n) is 4.64. The molecule has 126 valence electrons. The van der Waals surface area contributed by atoms with Gasteiger partial charge in [-0.15, -0.1) is 0 Å². The van der Waals surface area contributed by atoms with Crippen molar-refractivity contribution >= 4 is 5.95 Å². The lowest BCUT2D eigenvalue weighted by atomic mass is 9.62. The topological polar surface area (TPSA) is 72.9 Å². The summed E-state index contributed by atoms with van der Waals surface area (Å²) in [6.07, 6.45) is 6.73. The number of hydrogen-bond donors (Lipinski definition) is 2. The van der Waals surface area contributed by atoms with Gasteiger partial charge in [-0.05, 0) is 31.7 Å². The van der Waals surface area contributed by atoms with E-state index in [1.54, 1.807) is 4.57 Å². The van der Waals surface area contributed by atoms with Crippen LogP contribution >= 0.6 is 0 Å². The van der Waals surface area contributed by atoms with Gasteiger partial charge in [0.25, 0.3) is 5.56 Å². The number of nitrogens with zero attached hydrogens (tertiary/aromatic N) is 2. The maximum Gasteiger partial charge on any atom is 0.259 e. The highest BCUT2D eigenvalue weighted by molar-refractivity contribution is 5.72. The predicted octanol–water partition coefficient (Wildman–Crippen LogP) is 2.97. The van der Waals surface area contributed by atoms with Crippen LogP contribution in [0, 0.1) is 0 Å². The van der Waals surface area contributed by atoms with Crippen LogP contribution in [0.4, 0.5) is 5.95 Å². The first-order chi connectivity index (χ1) is 11.7. The maximum atomic E-state index is 13.3. The van der Waals surface area contributed by atoms with Crippen molar-refractivity contribution in [1.82, 2.24) is 9.55 Å². The minimum absolute atomic E-state index is 0.0595. The van der Waals surface area contributed by atoms with Crippen molar-refractivity contribution in [2.45, 2.75) is 57.4 Å². The molecule has 24 heavy (non-hydrogen) atoms. The molecule has 0 saturated heterocycles. The van der Waals surface area contributed by atoms with Crippen LogP contribution in [0.15, 0.2) is 29.1 Å². The lowest BCUT2D eigenvalue weighted by Crippen LogP contribution is -2.43. The van der Waals surface area contributed by atoms with Crippen LogP contribution in [0.2, 0.25) is 0 Å². The Kier molecular flexibility index (Phi) is 3.68. The van der Waals surface area contributed by atoms with Gasteiger partial charge in [0.15, 0.2) is 0 Å². The fraction of sp³-hybridized carbons (Fsp3) is 0.474. The van der Waals surface area contributed by atoms with Crippen molar-refractivity contribution in [1.29, 1.82) is 0 Å². The van der Waals surface area contributed by atoms with Gasteiger partial charge in [-0.1, -0.05) is 43.5 Å². The highest BCUT2D eigenvalue weighted by atomic mass is 16.1. The molecule has 0 amide bonds. The molecule has 5 nitrogen and oxygen atoms in total. The summed E-state index contributed by atoms with van der Waals surface area (Å²) < 4.78 is 1.67. The SMILES string of the molecule is CCn1c(NN)nc2c(c1=O)C1(CCCCC1)Cc1ccccc1-2. The summed E-state index contributed by atoms with van der Waals surface area (Å²) in [6, 6.07) is 8.35. The molecule has 1 fully saturated rings. The summed E-state index contributed by atoms with van der Waals surface area (Å²) in [5, 5.41) is 0. The number of benzene rings is 1. The monoisotopic (exact) mass is 324 g/mol. The number of rotatable bonds is 2. The summed E-state index contributed by atoms with van der Waals surface area (Å²) in [4.78, 5) is 18.1. The van der Waals surface area contributed by atoms with Crippen molar-refractivity contribution in [2.75, 3.05) is 5.43 Å². The van der Waals surface area contributed by atoms with Gasteiger partial charge in [0.1, 0.15) is 0 Å². The highest BCUT2D eigenvalue weighted by Gasteiger charge is 2.43. The molecule has 3 N–H and O–H groups in total. The van der Waals surface area contributed by atoms with Crippen LogP contribution in [0.5, 0.6) is 0 Å². The molecule has 1 aromatic heterocycles. The van der Waals surface area contributed by atoms with Crippen LogP contribution in [0.3, 0.4) is 0 Å². The number of hydrogen-bond acceptors (Lipinski definition) is 4. The van der Waals surface area contributed by atoms with Crippen LogP contribution in [-0.2, 0) is 18.4 Å². The quantitative estimate of drug-likeness (QED) is 0.658. The van der Waals surface area contributed by atoms with Crippen molar-refractivity contribution in [2.24, 2.45) is 5.84 Å². The van der Waals surface area contributed by atoms with E-state index in [1.807, 2.05) is 13.0 Å². The third-order valence-electron chi connectivity index (χ3n) is 5.76. The van der Waals surface area contributed by atoms with Crippen molar-refractivity contribution in [3.63, 3.8) is 0 Å². The first-order valence-corrected chi connectivity index (χ1v) is 8.90. The predicted molar refractivity (Wildman–Crippen MR) is 95.9 cm³/mol. The lowest BCUT2D eigenvalue weighted by Gasteiger charge is -2.42. The Bertz CT molecular complexity index is 834. The molecule has 0 bridgehead atoms. The Morgan fingerprint density at radius 1 is 1.25 bits per heavy atom. The van der Waals surface area contributed by atoms with Gasteiger partial charge >= 0.3 is 0 Å². The van der Waals surface area contributed by atoms with E-state index >= 15 is 0 Å². The van der Waals surface area contributed by atoms with Crippen LogP contribution in [-0.4, -0.2) is 9.55 Å². The molecule has 2 aromatic rings. The van der Waals surface area contributed by atoms with Gasteiger partial charge in [0.2, 0.25) is 5.95 Å². The van der Waals surface area contributed by atoms with Gasteiger partial charge in [0, 0.05) is 17.5 Å². The Morgan fingerprint density at radius 2 is 2.00 bits per heavy atom. The zero-order valence-electron chi connectivity index (χ0n) is 14.1. The molecule has 2 aliphatic carbocycles. The lowest BCUT2D eigenvalue weighted by molar-refractivity contribution is 0.283.